The van der Waals surface area contributed by atoms with Crippen LogP contribution in [0.2, 0.25) is 0 Å². The Bertz CT molecular complexity index is 1040. The van der Waals surface area contributed by atoms with Gasteiger partial charge in [-0.15, -0.1) is 0 Å². The number of hydrogen-bond acceptors (Lipinski definition) is 7. The normalized spacial score (nSPS) is 10.4. The number of carbonyl (C=O) groups is 2. The number of phenolic OH excluding ortho intramolecular Hbond substituents is 1. The molecule has 0 bridgehead atoms. The Labute approximate surface area is 167 Å². The molecule has 1 aromatic heterocycles. The van der Waals surface area contributed by atoms with Gasteiger partial charge in [0.1, 0.15) is 22.8 Å². The third kappa shape index (κ3) is 3.77. The molecule has 3 aromatic rings. The summed E-state index contributed by atoms with van der Waals surface area (Å²) in [6, 6.07) is 13.4. The standard InChI is InChI=1S/C21H20N2O6/c1-4-29-14-10-11-16(24)15(12-14)18-17(20(25)27-2)19(21(26)28-3)23(22-18)13-8-6-5-7-9-13/h5-12,24H,4H2,1-3H3. The van der Waals surface area contributed by atoms with Crippen molar-refractivity contribution in [2.24, 2.45) is 0 Å². The number of nitrogens with zero attached hydrogens (tertiary/aromatic N) is 2. The molecule has 8 nitrogen and oxygen atoms in total. The predicted molar refractivity (Wildman–Crippen MR) is 105 cm³/mol. The Balaban J connectivity index is 2.36. The third-order valence-corrected chi connectivity index (χ3v) is 4.19. The second-order valence-corrected chi connectivity index (χ2v) is 5.91. The van der Waals surface area contributed by atoms with Crippen molar-refractivity contribution in [3.05, 3.63) is 59.8 Å². The first-order valence-electron chi connectivity index (χ1n) is 8.83. The molecular formula is C21H20N2O6. The fourth-order valence-corrected chi connectivity index (χ4v) is 2.90. The lowest BCUT2D eigenvalue weighted by Gasteiger charge is -2.08. The number of para-hydroxylation sites is 1. The number of esters is 2. The zero-order valence-corrected chi connectivity index (χ0v) is 16.2. The molecule has 0 radical (unpaired) electrons. The van der Waals surface area contributed by atoms with E-state index < -0.39 is 11.9 Å². The summed E-state index contributed by atoms with van der Waals surface area (Å²) in [5.74, 6) is -1.21. The van der Waals surface area contributed by atoms with E-state index in [0.29, 0.717) is 18.0 Å². The molecule has 150 valence electrons. The summed E-state index contributed by atoms with van der Waals surface area (Å²) in [5, 5.41) is 14.9. The smallest absolute Gasteiger partial charge is 0.357 e. The molecular weight excluding hydrogens is 376 g/mol. The van der Waals surface area contributed by atoms with E-state index in [1.165, 1.54) is 25.0 Å². The van der Waals surface area contributed by atoms with Gasteiger partial charge in [-0.2, -0.15) is 5.10 Å². The minimum Gasteiger partial charge on any atom is -0.507 e. The van der Waals surface area contributed by atoms with Crippen LogP contribution in [0.1, 0.15) is 27.8 Å². The summed E-state index contributed by atoms with van der Waals surface area (Å²) < 4.78 is 16.5. The number of ether oxygens (including phenoxy) is 3. The molecule has 0 spiro atoms. The second-order valence-electron chi connectivity index (χ2n) is 5.91. The number of phenols is 1. The molecule has 29 heavy (non-hydrogen) atoms. The van der Waals surface area contributed by atoms with Crippen LogP contribution in [0, 0.1) is 0 Å². The van der Waals surface area contributed by atoms with Crippen LogP contribution >= 0.6 is 0 Å². The highest BCUT2D eigenvalue weighted by atomic mass is 16.5. The molecule has 0 saturated heterocycles. The van der Waals surface area contributed by atoms with Crippen LogP contribution in [0.4, 0.5) is 0 Å². The van der Waals surface area contributed by atoms with E-state index >= 15 is 0 Å². The Hall–Kier alpha value is -3.81. The number of hydrogen-bond donors (Lipinski definition) is 1. The quantitative estimate of drug-likeness (QED) is 0.639. The molecule has 1 N–H and O–H groups in total. The van der Waals surface area contributed by atoms with Crippen LogP contribution in [0.25, 0.3) is 16.9 Å². The van der Waals surface area contributed by atoms with E-state index in [4.69, 9.17) is 14.2 Å². The molecule has 0 fully saturated rings. The van der Waals surface area contributed by atoms with Crippen molar-refractivity contribution in [2.45, 2.75) is 6.92 Å². The Kier molecular flexibility index (Phi) is 5.82. The minimum atomic E-state index is -0.788. The molecule has 0 aliphatic rings. The highest BCUT2D eigenvalue weighted by Crippen LogP contribution is 2.36. The predicted octanol–water partition coefficient (Wildman–Crippen LogP) is 3.22. The molecule has 2 aromatic carbocycles. The summed E-state index contributed by atoms with van der Waals surface area (Å²) in [6.07, 6.45) is 0. The fourth-order valence-electron chi connectivity index (χ4n) is 2.90. The maximum atomic E-state index is 12.6. The molecule has 0 aliphatic carbocycles. The zero-order valence-electron chi connectivity index (χ0n) is 16.2. The fraction of sp³-hybridized carbons (Fsp3) is 0.190. The zero-order chi connectivity index (χ0) is 21.0. The summed E-state index contributed by atoms with van der Waals surface area (Å²) >= 11 is 0. The van der Waals surface area contributed by atoms with Crippen LogP contribution in [0.5, 0.6) is 11.5 Å². The number of carbonyl (C=O) groups excluding carboxylic acids is 2. The van der Waals surface area contributed by atoms with Crippen LogP contribution in [0.15, 0.2) is 48.5 Å². The maximum absolute atomic E-state index is 12.6. The van der Waals surface area contributed by atoms with E-state index in [0.717, 1.165) is 0 Å². The first kappa shape index (κ1) is 19.9. The Morgan fingerprint density at radius 1 is 1.03 bits per heavy atom. The highest BCUT2D eigenvalue weighted by molar-refractivity contribution is 6.07. The number of methoxy groups -OCH3 is 2. The average molecular weight is 396 g/mol. The number of benzene rings is 2. The van der Waals surface area contributed by atoms with Gasteiger partial charge in [0.25, 0.3) is 0 Å². The van der Waals surface area contributed by atoms with E-state index in [-0.39, 0.29) is 28.3 Å². The van der Waals surface area contributed by atoms with Crippen LogP contribution in [0.3, 0.4) is 0 Å². The third-order valence-electron chi connectivity index (χ3n) is 4.19. The van der Waals surface area contributed by atoms with Gasteiger partial charge in [-0.3, -0.25) is 0 Å². The molecule has 0 saturated carbocycles. The van der Waals surface area contributed by atoms with E-state index in [2.05, 4.69) is 5.10 Å². The SMILES string of the molecule is CCOc1ccc(O)c(-c2nn(-c3ccccc3)c(C(=O)OC)c2C(=O)OC)c1. The Morgan fingerprint density at radius 3 is 2.34 bits per heavy atom. The van der Waals surface area contributed by atoms with Crippen LogP contribution < -0.4 is 4.74 Å². The molecule has 0 amide bonds. The number of aromatic hydroxyl groups is 1. The molecule has 0 atom stereocenters. The van der Waals surface area contributed by atoms with Crippen molar-refractivity contribution >= 4 is 11.9 Å². The number of rotatable bonds is 6. The van der Waals surface area contributed by atoms with Crippen molar-refractivity contribution in [1.29, 1.82) is 0 Å². The van der Waals surface area contributed by atoms with Gasteiger partial charge in [0, 0.05) is 5.56 Å². The summed E-state index contributed by atoms with van der Waals surface area (Å²) in [6.45, 7) is 2.24. The van der Waals surface area contributed by atoms with Crippen LogP contribution in [-0.2, 0) is 9.47 Å². The van der Waals surface area contributed by atoms with Crippen molar-refractivity contribution in [3.8, 4) is 28.4 Å². The summed E-state index contributed by atoms with van der Waals surface area (Å²) in [4.78, 5) is 25.2. The summed E-state index contributed by atoms with van der Waals surface area (Å²) in [5.41, 5.74) is 0.593. The second kappa shape index (κ2) is 8.47. The van der Waals surface area contributed by atoms with Crippen molar-refractivity contribution in [2.75, 3.05) is 20.8 Å². The lowest BCUT2D eigenvalue weighted by molar-refractivity contribution is 0.0549. The molecule has 1 heterocycles. The van der Waals surface area contributed by atoms with Gasteiger partial charge in [0.15, 0.2) is 5.69 Å². The molecule has 8 heteroatoms. The largest absolute Gasteiger partial charge is 0.507 e. The van der Waals surface area contributed by atoms with Gasteiger partial charge in [0.2, 0.25) is 0 Å². The molecule has 0 aliphatic heterocycles. The molecule has 0 unspecified atom stereocenters. The molecule has 3 rings (SSSR count). The lowest BCUT2D eigenvalue weighted by Crippen LogP contribution is -2.15. The number of aromatic nitrogens is 2. The van der Waals surface area contributed by atoms with E-state index in [9.17, 15) is 14.7 Å². The van der Waals surface area contributed by atoms with Gasteiger partial charge >= 0.3 is 11.9 Å². The van der Waals surface area contributed by atoms with Crippen molar-refractivity contribution in [1.82, 2.24) is 9.78 Å². The first-order chi connectivity index (χ1) is 14.0. The average Bonchev–Trinajstić information content (AvgIpc) is 3.15. The van der Waals surface area contributed by atoms with Crippen molar-refractivity contribution in [3.63, 3.8) is 0 Å². The van der Waals surface area contributed by atoms with Gasteiger partial charge < -0.3 is 19.3 Å². The van der Waals surface area contributed by atoms with Crippen LogP contribution in [-0.4, -0.2) is 47.7 Å². The van der Waals surface area contributed by atoms with Gasteiger partial charge in [0.05, 0.1) is 26.5 Å². The Morgan fingerprint density at radius 2 is 1.72 bits per heavy atom. The topological polar surface area (TPSA) is 99.9 Å². The maximum Gasteiger partial charge on any atom is 0.357 e. The van der Waals surface area contributed by atoms with Gasteiger partial charge in [-0.25, -0.2) is 14.3 Å². The van der Waals surface area contributed by atoms with Gasteiger partial charge in [-0.1, -0.05) is 18.2 Å². The summed E-state index contributed by atoms with van der Waals surface area (Å²) in [7, 11) is 2.40. The minimum absolute atomic E-state index is 0.0696. The monoisotopic (exact) mass is 396 g/mol. The lowest BCUT2D eigenvalue weighted by atomic mass is 10.0. The van der Waals surface area contributed by atoms with E-state index in [1.807, 2.05) is 13.0 Å². The van der Waals surface area contributed by atoms with Gasteiger partial charge in [-0.05, 0) is 37.3 Å². The van der Waals surface area contributed by atoms with E-state index in [1.54, 1.807) is 36.4 Å². The first-order valence-corrected chi connectivity index (χ1v) is 8.83. The highest BCUT2D eigenvalue weighted by Gasteiger charge is 2.32. The van der Waals surface area contributed by atoms with Crippen molar-refractivity contribution < 1.29 is 28.9 Å².